The highest BCUT2D eigenvalue weighted by molar-refractivity contribution is 5.95. The van der Waals surface area contributed by atoms with Crippen molar-refractivity contribution in [1.29, 1.82) is 0 Å². The average molecular weight is 284 g/mol. The molecule has 0 aliphatic heterocycles. The largest absolute Gasteiger partial charge is 0.449 e. The molecular formula is C15H16N4O2. The number of carbonyl (C=O) groups excluding carboxylic acids is 1. The zero-order valence-corrected chi connectivity index (χ0v) is 11.7. The molecule has 3 heterocycles. The van der Waals surface area contributed by atoms with Gasteiger partial charge in [-0.15, -0.1) is 0 Å². The molecule has 3 rings (SSSR count). The predicted molar refractivity (Wildman–Crippen MR) is 77.9 cm³/mol. The Hall–Kier alpha value is -2.63. The summed E-state index contributed by atoms with van der Waals surface area (Å²) >= 11 is 0. The Morgan fingerprint density at radius 1 is 1.43 bits per heavy atom. The molecule has 6 heteroatoms. The van der Waals surface area contributed by atoms with Crippen molar-refractivity contribution in [3.05, 3.63) is 48.4 Å². The number of nitrogens with zero attached hydrogens (tertiary/aromatic N) is 3. The van der Waals surface area contributed by atoms with E-state index in [0.717, 1.165) is 18.7 Å². The molecule has 0 aliphatic carbocycles. The molecular weight excluding hydrogens is 268 g/mol. The van der Waals surface area contributed by atoms with E-state index in [1.165, 1.54) is 0 Å². The van der Waals surface area contributed by atoms with Crippen molar-refractivity contribution < 1.29 is 9.21 Å². The van der Waals surface area contributed by atoms with Gasteiger partial charge in [0.25, 0.3) is 5.91 Å². The van der Waals surface area contributed by atoms with Crippen LogP contribution in [0.1, 0.15) is 22.7 Å². The number of nitrogens with one attached hydrogen (secondary N) is 1. The highest BCUT2D eigenvalue weighted by Gasteiger charge is 2.12. The lowest BCUT2D eigenvalue weighted by molar-refractivity contribution is 0.0927. The van der Waals surface area contributed by atoms with Crippen LogP contribution < -0.4 is 5.32 Å². The summed E-state index contributed by atoms with van der Waals surface area (Å²) in [5.74, 6) is 0.0852. The molecule has 0 fully saturated rings. The van der Waals surface area contributed by atoms with Gasteiger partial charge in [0.2, 0.25) is 0 Å². The monoisotopic (exact) mass is 284 g/mol. The molecule has 108 valence electrons. The molecule has 0 saturated carbocycles. The SMILES string of the molecule is Cc1ccc2oc(C(=O)NCCCn3ccnc3)cc2n1. The number of amides is 1. The summed E-state index contributed by atoms with van der Waals surface area (Å²) in [6.07, 6.45) is 6.23. The molecule has 0 saturated heterocycles. The topological polar surface area (TPSA) is 73.0 Å². The van der Waals surface area contributed by atoms with Crippen LogP contribution in [0.5, 0.6) is 0 Å². The van der Waals surface area contributed by atoms with Gasteiger partial charge in [0.05, 0.1) is 6.33 Å². The Balaban J connectivity index is 1.56. The molecule has 6 nitrogen and oxygen atoms in total. The summed E-state index contributed by atoms with van der Waals surface area (Å²) in [6, 6.07) is 5.36. The lowest BCUT2D eigenvalue weighted by Gasteiger charge is -2.03. The van der Waals surface area contributed by atoms with E-state index >= 15 is 0 Å². The summed E-state index contributed by atoms with van der Waals surface area (Å²) in [5, 5.41) is 2.84. The van der Waals surface area contributed by atoms with Crippen LogP contribution in [0.3, 0.4) is 0 Å². The lowest BCUT2D eigenvalue weighted by atomic mass is 10.3. The smallest absolute Gasteiger partial charge is 0.287 e. The molecule has 0 aromatic carbocycles. The number of carbonyl (C=O) groups is 1. The third-order valence-electron chi connectivity index (χ3n) is 3.17. The van der Waals surface area contributed by atoms with Gasteiger partial charge < -0.3 is 14.3 Å². The molecule has 0 atom stereocenters. The minimum absolute atomic E-state index is 0.212. The van der Waals surface area contributed by atoms with Crippen LogP contribution in [0.4, 0.5) is 0 Å². The molecule has 0 radical (unpaired) electrons. The number of furan rings is 1. The van der Waals surface area contributed by atoms with Crippen LogP contribution in [0.15, 0.2) is 41.3 Å². The van der Waals surface area contributed by atoms with Crippen LogP contribution in [-0.2, 0) is 6.54 Å². The van der Waals surface area contributed by atoms with Crippen LogP contribution in [0.2, 0.25) is 0 Å². The number of hydrogen-bond donors (Lipinski definition) is 1. The van der Waals surface area contributed by atoms with Crippen molar-refractivity contribution in [1.82, 2.24) is 19.9 Å². The Morgan fingerprint density at radius 3 is 3.14 bits per heavy atom. The molecule has 1 N–H and O–H groups in total. The molecule has 21 heavy (non-hydrogen) atoms. The Bertz CT molecular complexity index is 746. The van der Waals surface area contributed by atoms with Crippen LogP contribution in [0.25, 0.3) is 11.1 Å². The van der Waals surface area contributed by atoms with E-state index in [-0.39, 0.29) is 5.91 Å². The van der Waals surface area contributed by atoms with Gasteiger partial charge in [-0.1, -0.05) is 0 Å². The minimum Gasteiger partial charge on any atom is -0.449 e. The fraction of sp³-hybridized carbons (Fsp3) is 0.267. The highest BCUT2D eigenvalue weighted by Crippen LogP contribution is 2.17. The second-order valence-electron chi connectivity index (χ2n) is 4.86. The molecule has 0 bridgehead atoms. The quantitative estimate of drug-likeness (QED) is 0.729. The fourth-order valence-corrected chi connectivity index (χ4v) is 2.11. The van der Waals surface area contributed by atoms with Crippen molar-refractivity contribution in [3.63, 3.8) is 0 Å². The summed E-state index contributed by atoms with van der Waals surface area (Å²) in [6.45, 7) is 3.31. The van der Waals surface area contributed by atoms with E-state index in [0.29, 0.717) is 23.4 Å². The van der Waals surface area contributed by atoms with Gasteiger partial charge in [-0.05, 0) is 25.5 Å². The molecule has 0 spiro atoms. The number of hydrogen-bond acceptors (Lipinski definition) is 4. The second-order valence-corrected chi connectivity index (χ2v) is 4.86. The van der Waals surface area contributed by atoms with Gasteiger partial charge in [0.15, 0.2) is 11.3 Å². The van der Waals surface area contributed by atoms with E-state index in [2.05, 4.69) is 15.3 Å². The van der Waals surface area contributed by atoms with E-state index in [1.54, 1.807) is 18.6 Å². The molecule has 3 aromatic heterocycles. The van der Waals surface area contributed by atoms with Gasteiger partial charge in [0, 0.05) is 37.2 Å². The van der Waals surface area contributed by atoms with Gasteiger partial charge >= 0.3 is 0 Å². The van der Waals surface area contributed by atoms with Crippen molar-refractivity contribution in [2.75, 3.05) is 6.54 Å². The van der Waals surface area contributed by atoms with E-state index in [1.807, 2.05) is 29.8 Å². The maximum atomic E-state index is 12.0. The maximum absolute atomic E-state index is 12.0. The maximum Gasteiger partial charge on any atom is 0.287 e. The van der Waals surface area contributed by atoms with Gasteiger partial charge in [-0.2, -0.15) is 0 Å². The van der Waals surface area contributed by atoms with E-state index in [4.69, 9.17) is 4.42 Å². The summed E-state index contributed by atoms with van der Waals surface area (Å²) in [7, 11) is 0. The zero-order chi connectivity index (χ0) is 14.7. The predicted octanol–water partition coefficient (Wildman–Crippen LogP) is 2.15. The first kappa shape index (κ1) is 13.4. The van der Waals surface area contributed by atoms with Crippen LogP contribution in [0, 0.1) is 6.92 Å². The van der Waals surface area contributed by atoms with Crippen LogP contribution >= 0.6 is 0 Å². The first-order valence-electron chi connectivity index (χ1n) is 6.83. The Kier molecular flexibility index (Phi) is 3.68. The van der Waals surface area contributed by atoms with Crippen molar-refractivity contribution in [2.24, 2.45) is 0 Å². The first-order valence-corrected chi connectivity index (χ1v) is 6.83. The Labute approximate surface area is 121 Å². The van der Waals surface area contributed by atoms with Crippen molar-refractivity contribution >= 4 is 17.0 Å². The first-order chi connectivity index (χ1) is 10.2. The second kappa shape index (κ2) is 5.78. The van der Waals surface area contributed by atoms with Gasteiger partial charge in [-0.3, -0.25) is 4.79 Å². The standard InChI is InChI=1S/C15H16N4O2/c1-11-3-4-13-12(18-11)9-14(21-13)15(20)17-5-2-7-19-8-6-16-10-19/h3-4,6,8-10H,2,5,7H2,1H3,(H,17,20). The van der Waals surface area contributed by atoms with Gasteiger partial charge in [0.1, 0.15) is 5.52 Å². The fourth-order valence-electron chi connectivity index (χ4n) is 2.11. The minimum atomic E-state index is -0.212. The number of imidazole rings is 1. The lowest BCUT2D eigenvalue weighted by Crippen LogP contribution is -2.24. The third-order valence-corrected chi connectivity index (χ3v) is 3.17. The molecule has 1 amide bonds. The Morgan fingerprint density at radius 2 is 2.33 bits per heavy atom. The average Bonchev–Trinajstić information content (AvgIpc) is 3.11. The van der Waals surface area contributed by atoms with Crippen LogP contribution in [-0.4, -0.2) is 27.0 Å². The number of fused-ring (bicyclic) bond motifs is 1. The van der Waals surface area contributed by atoms with Gasteiger partial charge in [-0.25, -0.2) is 9.97 Å². The van der Waals surface area contributed by atoms with E-state index < -0.39 is 0 Å². The molecule has 3 aromatic rings. The highest BCUT2D eigenvalue weighted by atomic mass is 16.3. The number of aryl methyl sites for hydroxylation is 2. The summed E-state index contributed by atoms with van der Waals surface area (Å²) in [4.78, 5) is 20.3. The molecule has 0 aliphatic rings. The summed E-state index contributed by atoms with van der Waals surface area (Å²) in [5.41, 5.74) is 2.23. The summed E-state index contributed by atoms with van der Waals surface area (Å²) < 4.78 is 7.47. The number of pyridine rings is 1. The number of aromatic nitrogens is 3. The normalized spacial score (nSPS) is 10.9. The van der Waals surface area contributed by atoms with Crippen molar-refractivity contribution in [3.8, 4) is 0 Å². The molecule has 0 unspecified atom stereocenters. The third kappa shape index (κ3) is 3.10. The zero-order valence-electron chi connectivity index (χ0n) is 11.7. The number of rotatable bonds is 5. The van der Waals surface area contributed by atoms with E-state index in [9.17, 15) is 4.79 Å². The van der Waals surface area contributed by atoms with Crippen molar-refractivity contribution in [2.45, 2.75) is 19.9 Å².